The molecule has 2 aliphatic heterocycles. The zero-order valence-corrected chi connectivity index (χ0v) is 15.2. The third-order valence-electron chi connectivity index (χ3n) is 5.63. The summed E-state index contributed by atoms with van der Waals surface area (Å²) < 4.78 is 1.86. The van der Waals surface area contributed by atoms with E-state index in [1.54, 1.807) is 12.1 Å². The molecule has 1 fully saturated rings. The molecular weight excluding hydrogens is 318 g/mol. The molecule has 0 aliphatic carbocycles. The predicted molar refractivity (Wildman–Crippen MR) is 95.2 cm³/mol. The SMILES string of the molecule is CCC(C)[C@H](NC(C)=O)C(=O)N1C[C@@H]2C[C@H](C1)c1cccc(=O)n1C2. The summed E-state index contributed by atoms with van der Waals surface area (Å²) in [6.07, 6.45) is 1.84. The standard InChI is InChI=1S/C19H27N3O3/c1-4-12(2)18(20-13(3)23)19(25)21-9-14-8-15(11-21)16-6-5-7-17(24)22(16)10-14/h5-7,12,14-15,18H,4,8-11H2,1-3H3,(H,20,23)/t12?,14-,15+,18-/m0/s1. The second-order valence-corrected chi connectivity index (χ2v) is 7.51. The largest absolute Gasteiger partial charge is 0.344 e. The van der Waals surface area contributed by atoms with Crippen LogP contribution in [0.3, 0.4) is 0 Å². The number of piperidine rings is 1. The van der Waals surface area contributed by atoms with E-state index in [0.29, 0.717) is 25.6 Å². The summed E-state index contributed by atoms with van der Waals surface area (Å²) in [6.45, 7) is 7.42. The molecule has 0 aromatic carbocycles. The molecule has 0 spiro atoms. The Morgan fingerprint density at radius 1 is 1.28 bits per heavy atom. The molecule has 3 heterocycles. The monoisotopic (exact) mass is 345 g/mol. The third kappa shape index (κ3) is 3.48. The summed E-state index contributed by atoms with van der Waals surface area (Å²) in [4.78, 5) is 38.6. The number of nitrogens with one attached hydrogen (secondary N) is 1. The minimum absolute atomic E-state index is 0.00554. The van der Waals surface area contributed by atoms with Crippen molar-refractivity contribution < 1.29 is 9.59 Å². The maximum absolute atomic E-state index is 13.1. The summed E-state index contributed by atoms with van der Waals surface area (Å²) in [5, 5.41) is 2.84. The summed E-state index contributed by atoms with van der Waals surface area (Å²) in [5.41, 5.74) is 1.07. The number of carbonyl (C=O) groups is 2. The fourth-order valence-electron chi connectivity index (χ4n) is 4.18. The van der Waals surface area contributed by atoms with Gasteiger partial charge in [-0.3, -0.25) is 14.4 Å². The summed E-state index contributed by atoms with van der Waals surface area (Å²) in [5.74, 6) is 0.414. The Hall–Kier alpha value is -2.11. The van der Waals surface area contributed by atoms with Gasteiger partial charge in [-0.05, 0) is 24.3 Å². The normalized spacial score (nSPS) is 24.2. The summed E-state index contributed by atoms with van der Waals surface area (Å²) in [7, 11) is 0. The average Bonchev–Trinajstić information content (AvgIpc) is 2.59. The first-order valence-corrected chi connectivity index (χ1v) is 9.16. The number of likely N-dealkylation sites (tertiary alicyclic amines) is 1. The molecule has 1 saturated heterocycles. The fourth-order valence-corrected chi connectivity index (χ4v) is 4.18. The third-order valence-corrected chi connectivity index (χ3v) is 5.63. The molecule has 6 nitrogen and oxygen atoms in total. The highest BCUT2D eigenvalue weighted by atomic mass is 16.2. The minimum Gasteiger partial charge on any atom is -0.344 e. The number of nitrogens with zero attached hydrogens (tertiary/aromatic N) is 2. The first kappa shape index (κ1) is 17.7. The molecule has 1 aromatic heterocycles. The molecule has 2 bridgehead atoms. The molecular formula is C19H27N3O3. The van der Waals surface area contributed by atoms with Crippen LogP contribution in [0.1, 0.15) is 45.2 Å². The van der Waals surface area contributed by atoms with Gasteiger partial charge in [0.25, 0.3) is 5.56 Å². The van der Waals surface area contributed by atoms with Crippen LogP contribution in [0.2, 0.25) is 0 Å². The van der Waals surface area contributed by atoms with Gasteiger partial charge in [0.1, 0.15) is 6.04 Å². The number of amides is 2. The van der Waals surface area contributed by atoms with Crippen LogP contribution in [-0.4, -0.2) is 40.4 Å². The molecule has 3 rings (SSSR count). The maximum atomic E-state index is 13.1. The Morgan fingerprint density at radius 2 is 2.04 bits per heavy atom. The van der Waals surface area contributed by atoms with Crippen LogP contribution in [0.5, 0.6) is 0 Å². The molecule has 1 N–H and O–H groups in total. The van der Waals surface area contributed by atoms with Gasteiger partial charge < -0.3 is 14.8 Å². The Bertz CT molecular complexity index is 727. The van der Waals surface area contributed by atoms with E-state index in [4.69, 9.17) is 0 Å². The van der Waals surface area contributed by atoms with Gasteiger partial charge >= 0.3 is 0 Å². The lowest BCUT2D eigenvalue weighted by atomic mass is 9.82. The molecule has 136 valence electrons. The van der Waals surface area contributed by atoms with Crippen LogP contribution in [0, 0.1) is 11.8 Å². The molecule has 0 saturated carbocycles. The van der Waals surface area contributed by atoms with Crippen molar-refractivity contribution >= 4 is 11.8 Å². The second-order valence-electron chi connectivity index (χ2n) is 7.51. The van der Waals surface area contributed by atoms with Crippen LogP contribution in [0.15, 0.2) is 23.0 Å². The number of fused-ring (bicyclic) bond motifs is 4. The van der Waals surface area contributed by atoms with E-state index >= 15 is 0 Å². The van der Waals surface area contributed by atoms with Gasteiger partial charge in [0, 0.05) is 44.2 Å². The predicted octanol–water partition coefficient (Wildman–Crippen LogP) is 1.34. The van der Waals surface area contributed by atoms with Crippen molar-refractivity contribution in [2.24, 2.45) is 11.8 Å². The van der Waals surface area contributed by atoms with Crippen molar-refractivity contribution in [2.75, 3.05) is 13.1 Å². The van der Waals surface area contributed by atoms with E-state index in [1.165, 1.54) is 6.92 Å². The van der Waals surface area contributed by atoms with Crippen molar-refractivity contribution in [3.05, 3.63) is 34.2 Å². The quantitative estimate of drug-likeness (QED) is 0.895. The van der Waals surface area contributed by atoms with Gasteiger partial charge in [0.15, 0.2) is 0 Å². The fraction of sp³-hybridized carbons (Fsp3) is 0.632. The highest BCUT2D eigenvalue weighted by Crippen LogP contribution is 2.35. The van der Waals surface area contributed by atoms with Crippen molar-refractivity contribution in [1.29, 1.82) is 0 Å². The van der Waals surface area contributed by atoms with Crippen LogP contribution in [0.4, 0.5) is 0 Å². The van der Waals surface area contributed by atoms with Crippen LogP contribution in [0.25, 0.3) is 0 Å². The molecule has 4 atom stereocenters. The molecule has 6 heteroatoms. The number of hydrogen-bond donors (Lipinski definition) is 1. The van der Waals surface area contributed by atoms with Gasteiger partial charge in [-0.2, -0.15) is 0 Å². The zero-order valence-electron chi connectivity index (χ0n) is 15.2. The van der Waals surface area contributed by atoms with E-state index in [2.05, 4.69) is 5.32 Å². The Labute approximate surface area is 148 Å². The lowest BCUT2D eigenvalue weighted by Crippen LogP contribution is -2.56. The molecule has 0 radical (unpaired) electrons. The number of hydrogen-bond acceptors (Lipinski definition) is 3. The van der Waals surface area contributed by atoms with E-state index in [-0.39, 0.29) is 29.2 Å². The van der Waals surface area contributed by atoms with Gasteiger partial charge in [-0.1, -0.05) is 26.3 Å². The highest BCUT2D eigenvalue weighted by Gasteiger charge is 2.39. The number of rotatable bonds is 4. The Kier molecular flexibility index (Phi) is 4.97. The van der Waals surface area contributed by atoms with E-state index < -0.39 is 6.04 Å². The van der Waals surface area contributed by atoms with Crippen LogP contribution < -0.4 is 10.9 Å². The topological polar surface area (TPSA) is 71.4 Å². The number of aromatic nitrogens is 1. The van der Waals surface area contributed by atoms with Crippen molar-refractivity contribution in [2.45, 2.75) is 52.1 Å². The summed E-state index contributed by atoms with van der Waals surface area (Å²) in [6, 6.07) is 4.92. The Morgan fingerprint density at radius 3 is 2.72 bits per heavy atom. The molecule has 2 aliphatic rings. The molecule has 25 heavy (non-hydrogen) atoms. The van der Waals surface area contributed by atoms with Crippen molar-refractivity contribution in [3.63, 3.8) is 0 Å². The first-order chi connectivity index (χ1) is 11.9. The van der Waals surface area contributed by atoms with Gasteiger partial charge in [0.2, 0.25) is 11.8 Å². The van der Waals surface area contributed by atoms with Crippen molar-refractivity contribution in [1.82, 2.24) is 14.8 Å². The molecule has 2 amide bonds. The van der Waals surface area contributed by atoms with E-state index in [0.717, 1.165) is 18.5 Å². The van der Waals surface area contributed by atoms with Gasteiger partial charge in [-0.25, -0.2) is 0 Å². The zero-order chi connectivity index (χ0) is 18.1. The van der Waals surface area contributed by atoms with Crippen LogP contribution >= 0.6 is 0 Å². The smallest absolute Gasteiger partial charge is 0.250 e. The van der Waals surface area contributed by atoms with Crippen LogP contribution in [-0.2, 0) is 16.1 Å². The lowest BCUT2D eigenvalue weighted by molar-refractivity contribution is -0.140. The minimum atomic E-state index is -0.473. The summed E-state index contributed by atoms with van der Waals surface area (Å²) >= 11 is 0. The van der Waals surface area contributed by atoms with Gasteiger partial charge in [-0.15, -0.1) is 0 Å². The molecule has 1 aromatic rings. The van der Waals surface area contributed by atoms with Crippen molar-refractivity contribution in [3.8, 4) is 0 Å². The Balaban J connectivity index is 1.82. The highest BCUT2D eigenvalue weighted by molar-refractivity contribution is 5.87. The lowest BCUT2D eigenvalue weighted by Gasteiger charge is -2.44. The maximum Gasteiger partial charge on any atom is 0.250 e. The second kappa shape index (κ2) is 7.02. The molecule has 1 unspecified atom stereocenters. The van der Waals surface area contributed by atoms with E-state index in [1.807, 2.05) is 29.4 Å². The average molecular weight is 345 g/mol. The van der Waals surface area contributed by atoms with E-state index in [9.17, 15) is 14.4 Å². The number of pyridine rings is 1. The number of carbonyl (C=O) groups excluding carboxylic acids is 2. The van der Waals surface area contributed by atoms with Gasteiger partial charge in [0.05, 0.1) is 0 Å². The first-order valence-electron chi connectivity index (χ1n) is 9.16.